The fourth-order valence-corrected chi connectivity index (χ4v) is 4.82. The molecule has 0 fully saturated rings. The average Bonchev–Trinajstić information content (AvgIpc) is 3.36. The highest BCUT2D eigenvalue weighted by Crippen LogP contribution is 2.33. The van der Waals surface area contributed by atoms with Crippen molar-refractivity contribution in [3.63, 3.8) is 0 Å². The quantitative estimate of drug-likeness (QED) is 0.241. The number of hydrogen-bond donors (Lipinski definition) is 2. The molecule has 3 aromatic rings. The number of carbonyl (C=O) groups is 3. The van der Waals surface area contributed by atoms with E-state index in [0.29, 0.717) is 17.3 Å². The van der Waals surface area contributed by atoms with Gasteiger partial charge in [-0.2, -0.15) is 0 Å². The summed E-state index contributed by atoms with van der Waals surface area (Å²) in [5.74, 6) is -1.62. The number of anilines is 1. The second-order valence-electron chi connectivity index (χ2n) is 6.91. The number of rotatable bonds is 11. The van der Waals surface area contributed by atoms with Gasteiger partial charge in [0.2, 0.25) is 5.91 Å². The first-order valence-corrected chi connectivity index (χ1v) is 11.8. The van der Waals surface area contributed by atoms with Gasteiger partial charge in [0, 0.05) is 26.0 Å². The Kier molecular flexibility index (Phi) is 8.64. The van der Waals surface area contributed by atoms with Crippen LogP contribution in [0.4, 0.5) is 5.00 Å². The minimum atomic E-state index is -0.679. The number of amides is 2. The van der Waals surface area contributed by atoms with Gasteiger partial charge in [-0.05, 0) is 18.1 Å². The van der Waals surface area contributed by atoms with Crippen LogP contribution in [-0.2, 0) is 20.8 Å². The first-order valence-electron chi connectivity index (χ1n) is 9.97. The van der Waals surface area contributed by atoms with Crippen molar-refractivity contribution >= 4 is 45.9 Å². The molecule has 174 valence electrons. The van der Waals surface area contributed by atoms with Gasteiger partial charge >= 0.3 is 5.97 Å². The molecule has 1 aromatic carbocycles. The standard InChI is InChI=1S/C22H24N4O5S2/c1-14-17(21(29)31-11-10-30-2)20(33-18(14)19(23)28)25-16(27)13-32-22-24-8-9-26(22)12-15-6-4-3-5-7-15/h3-9H,10-13H2,1-2H3,(H2,23,28)(H,25,27). The molecule has 3 rings (SSSR count). The molecule has 0 atom stereocenters. The van der Waals surface area contributed by atoms with E-state index in [1.54, 1.807) is 13.1 Å². The van der Waals surface area contributed by atoms with Gasteiger partial charge in [-0.3, -0.25) is 9.59 Å². The molecule has 0 saturated carbocycles. The molecule has 11 heteroatoms. The number of carbonyl (C=O) groups excluding carboxylic acids is 3. The van der Waals surface area contributed by atoms with Gasteiger partial charge < -0.3 is 25.1 Å². The summed E-state index contributed by atoms with van der Waals surface area (Å²) in [5, 5.41) is 3.62. The molecule has 0 saturated heterocycles. The maximum absolute atomic E-state index is 12.7. The van der Waals surface area contributed by atoms with Crippen LogP contribution in [0.2, 0.25) is 0 Å². The first-order chi connectivity index (χ1) is 15.9. The lowest BCUT2D eigenvalue weighted by Crippen LogP contribution is -2.17. The lowest BCUT2D eigenvalue weighted by atomic mass is 10.1. The van der Waals surface area contributed by atoms with E-state index in [-0.39, 0.29) is 40.3 Å². The highest BCUT2D eigenvalue weighted by molar-refractivity contribution is 7.99. The van der Waals surface area contributed by atoms with Gasteiger partial charge in [-0.25, -0.2) is 9.78 Å². The highest BCUT2D eigenvalue weighted by Gasteiger charge is 2.26. The molecular formula is C22H24N4O5S2. The minimum absolute atomic E-state index is 0.0455. The van der Waals surface area contributed by atoms with Crippen LogP contribution in [0.1, 0.15) is 31.2 Å². The van der Waals surface area contributed by atoms with Crippen molar-refractivity contribution in [2.75, 3.05) is 31.4 Å². The van der Waals surface area contributed by atoms with Crippen molar-refractivity contribution in [3.8, 4) is 0 Å². The third kappa shape index (κ3) is 6.44. The lowest BCUT2D eigenvalue weighted by Gasteiger charge is -2.09. The van der Waals surface area contributed by atoms with Crippen LogP contribution in [0.25, 0.3) is 0 Å². The third-order valence-electron chi connectivity index (χ3n) is 4.55. The normalized spacial score (nSPS) is 10.7. The van der Waals surface area contributed by atoms with E-state index in [0.717, 1.165) is 16.9 Å². The zero-order chi connectivity index (χ0) is 23.8. The summed E-state index contributed by atoms with van der Waals surface area (Å²) in [6.07, 6.45) is 3.53. The number of nitrogens with two attached hydrogens (primary N) is 1. The number of nitrogens with one attached hydrogen (secondary N) is 1. The van der Waals surface area contributed by atoms with E-state index in [1.165, 1.54) is 18.9 Å². The Labute approximate surface area is 199 Å². The van der Waals surface area contributed by atoms with Crippen molar-refractivity contribution in [3.05, 3.63) is 64.3 Å². The number of esters is 1. The Morgan fingerprint density at radius 2 is 1.97 bits per heavy atom. The summed E-state index contributed by atoms with van der Waals surface area (Å²) in [6.45, 7) is 2.50. The van der Waals surface area contributed by atoms with Gasteiger partial charge in [0.1, 0.15) is 11.6 Å². The maximum Gasteiger partial charge on any atom is 0.341 e. The summed E-state index contributed by atoms with van der Waals surface area (Å²) >= 11 is 2.22. The summed E-state index contributed by atoms with van der Waals surface area (Å²) < 4.78 is 12.0. The van der Waals surface area contributed by atoms with E-state index in [1.807, 2.05) is 41.1 Å². The van der Waals surface area contributed by atoms with E-state index >= 15 is 0 Å². The highest BCUT2D eigenvalue weighted by atomic mass is 32.2. The van der Waals surface area contributed by atoms with Gasteiger partial charge in [0.25, 0.3) is 5.91 Å². The molecule has 0 aliphatic rings. The molecule has 33 heavy (non-hydrogen) atoms. The van der Waals surface area contributed by atoms with Crippen molar-refractivity contribution in [2.45, 2.75) is 18.6 Å². The van der Waals surface area contributed by atoms with Crippen molar-refractivity contribution in [2.24, 2.45) is 5.73 Å². The Hall–Kier alpha value is -3.15. The van der Waals surface area contributed by atoms with Gasteiger partial charge in [0.15, 0.2) is 5.16 Å². The van der Waals surface area contributed by atoms with Crippen LogP contribution in [-0.4, -0.2) is 53.4 Å². The molecule has 2 heterocycles. The number of benzene rings is 1. The number of ether oxygens (including phenoxy) is 2. The first kappa shape index (κ1) is 24.5. The number of primary amides is 1. The monoisotopic (exact) mass is 488 g/mol. The molecular weight excluding hydrogens is 464 g/mol. The molecule has 9 nitrogen and oxygen atoms in total. The SMILES string of the molecule is COCCOC(=O)c1c(NC(=O)CSc2nccn2Cc2ccccc2)sc(C(N)=O)c1C. The van der Waals surface area contributed by atoms with Crippen LogP contribution >= 0.6 is 23.1 Å². The molecule has 0 aliphatic heterocycles. The molecule has 0 spiro atoms. The maximum atomic E-state index is 12.7. The number of aromatic nitrogens is 2. The number of nitrogens with zero attached hydrogens (tertiary/aromatic N) is 2. The summed E-state index contributed by atoms with van der Waals surface area (Å²) in [6, 6.07) is 9.92. The van der Waals surface area contributed by atoms with E-state index < -0.39 is 11.9 Å². The Morgan fingerprint density at radius 3 is 2.67 bits per heavy atom. The van der Waals surface area contributed by atoms with Gasteiger partial charge in [-0.1, -0.05) is 42.1 Å². The van der Waals surface area contributed by atoms with Gasteiger partial charge in [0.05, 0.1) is 22.8 Å². The molecule has 2 amide bonds. The second-order valence-corrected chi connectivity index (χ2v) is 8.88. The van der Waals surface area contributed by atoms with Crippen LogP contribution in [0.3, 0.4) is 0 Å². The van der Waals surface area contributed by atoms with E-state index in [9.17, 15) is 14.4 Å². The summed E-state index contributed by atoms with van der Waals surface area (Å²) in [7, 11) is 1.49. The number of hydrogen-bond acceptors (Lipinski definition) is 8. The van der Waals surface area contributed by atoms with Crippen LogP contribution in [0.15, 0.2) is 47.9 Å². The Morgan fingerprint density at radius 1 is 1.21 bits per heavy atom. The van der Waals surface area contributed by atoms with Crippen LogP contribution < -0.4 is 11.1 Å². The predicted octanol–water partition coefficient (Wildman–Crippen LogP) is 2.93. The fourth-order valence-electron chi connectivity index (χ4n) is 3.00. The molecule has 0 unspecified atom stereocenters. The summed E-state index contributed by atoms with van der Waals surface area (Å²) in [5.41, 5.74) is 7.03. The van der Waals surface area contributed by atoms with Crippen LogP contribution in [0.5, 0.6) is 0 Å². The Bertz CT molecular complexity index is 1130. The topological polar surface area (TPSA) is 126 Å². The molecule has 0 bridgehead atoms. The van der Waals surface area contributed by atoms with E-state index in [2.05, 4.69) is 10.3 Å². The third-order valence-corrected chi connectivity index (χ3v) is 6.78. The smallest absolute Gasteiger partial charge is 0.341 e. The molecule has 3 N–H and O–H groups in total. The Balaban J connectivity index is 1.68. The van der Waals surface area contributed by atoms with Crippen molar-refractivity contribution in [1.29, 1.82) is 0 Å². The lowest BCUT2D eigenvalue weighted by molar-refractivity contribution is -0.113. The predicted molar refractivity (Wildman–Crippen MR) is 127 cm³/mol. The number of thiophene rings is 1. The fraction of sp³-hybridized carbons (Fsp3) is 0.273. The van der Waals surface area contributed by atoms with Crippen LogP contribution in [0, 0.1) is 6.92 Å². The number of thioether (sulfide) groups is 1. The average molecular weight is 489 g/mol. The molecule has 0 aliphatic carbocycles. The van der Waals surface area contributed by atoms with Crippen molar-refractivity contribution < 1.29 is 23.9 Å². The number of imidazole rings is 1. The number of methoxy groups -OCH3 is 1. The zero-order valence-electron chi connectivity index (χ0n) is 18.2. The second kappa shape index (κ2) is 11.6. The molecule has 2 aromatic heterocycles. The van der Waals surface area contributed by atoms with Gasteiger partial charge in [-0.15, -0.1) is 11.3 Å². The zero-order valence-corrected chi connectivity index (χ0v) is 19.8. The largest absolute Gasteiger partial charge is 0.460 e. The summed E-state index contributed by atoms with van der Waals surface area (Å²) in [4.78, 5) is 41.5. The molecule has 0 radical (unpaired) electrons. The van der Waals surface area contributed by atoms with E-state index in [4.69, 9.17) is 15.2 Å². The van der Waals surface area contributed by atoms with Crippen molar-refractivity contribution in [1.82, 2.24) is 9.55 Å². The minimum Gasteiger partial charge on any atom is -0.460 e.